The van der Waals surface area contributed by atoms with E-state index in [1.807, 2.05) is 0 Å². The van der Waals surface area contributed by atoms with Crippen molar-refractivity contribution in [2.24, 2.45) is 23.7 Å². The van der Waals surface area contributed by atoms with E-state index in [-0.39, 0.29) is 0 Å². The van der Waals surface area contributed by atoms with Gasteiger partial charge in [0.05, 0.1) is 0 Å². The van der Waals surface area contributed by atoms with Crippen LogP contribution in [0, 0.1) is 23.7 Å². The second kappa shape index (κ2) is 3.52. The Kier molecular flexibility index (Phi) is 2.09. The molecule has 5 aliphatic rings. The zero-order chi connectivity index (χ0) is 11.9. The van der Waals surface area contributed by atoms with E-state index in [1.165, 1.54) is 25.7 Å². The van der Waals surface area contributed by atoms with E-state index in [1.54, 1.807) is 19.3 Å². The molecule has 5 rings (SSSR count). The molecule has 2 saturated heterocycles. The van der Waals surface area contributed by atoms with E-state index in [0.29, 0.717) is 0 Å². The first-order valence-corrected chi connectivity index (χ1v) is 8.31. The number of piperidine rings is 1. The second-order valence-corrected chi connectivity index (χ2v) is 7.77. The van der Waals surface area contributed by atoms with Gasteiger partial charge in [0.25, 0.3) is 0 Å². The van der Waals surface area contributed by atoms with Crippen LogP contribution in [0.4, 0.5) is 0 Å². The average molecular weight is 246 g/mol. The lowest BCUT2D eigenvalue weighted by Crippen LogP contribution is -2.50. The van der Waals surface area contributed by atoms with Crippen molar-refractivity contribution in [1.82, 2.24) is 10.2 Å². The van der Waals surface area contributed by atoms with Gasteiger partial charge in [-0.2, -0.15) is 0 Å². The molecule has 0 radical (unpaired) electrons. The summed E-state index contributed by atoms with van der Waals surface area (Å²) in [6, 6.07) is 3.74. The van der Waals surface area contributed by atoms with Crippen LogP contribution in [0.3, 0.4) is 0 Å². The number of fused-ring (bicyclic) bond motifs is 7. The van der Waals surface area contributed by atoms with E-state index in [9.17, 15) is 0 Å². The van der Waals surface area contributed by atoms with Crippen molar-refractivity contribution in [3.63, 3.8) is 0 Å². The summed E-state index contributed by atoms with van der Waals surface area (Å²) in [5, 5.41) is 3.54. The molecule has 18 heavy (non-hydrogen) atoms. The van der Waals surface area contributed by atoms with Gasteiger partial charge >= 0.3 is 0 Å². The number of nitrogens with zero attached hydrogens (tertiary/aromatic N) is 1. The van der Waals surface area contributed by atoms with E-state index >= 15 is 0 Å². The fourth-order valence-electron chi connectivity index (χ4n) is 6.61. The molecular weight excluding hydrogens is 220 g/mol. The molecular formula is C16H26N2. The van der Waals surface area contributed by atoms with Gasteiger partial charge in [0.1, 0.15) is 0 Å². The zero-order valence-corrected chi connectivity index (χ0v) is 11.5. The first kappa shape index (κ1) is 10.7. The quantitative estimate of drug-likeness (QED) is 0.804. The van der Waals surface area contributed by atoms with E-state index in [4.69, 9.17) is 0 Å². The van der Waals surface area contributed by atoms with Crippen molar-refractivity contribution in [1.29, 1.82) is 0 Å². The highest BCUT2D eigenvalue weighted by Crippen LogP contribution is 2.68. The summed E-state index contributed by atoms with van der Waals surface area (Å²) < 4.78 is 0. The van der Waals surface area contributed by atoms with Gasteiger partial charge in [-0.3, -0.25) is 4.90 Å². The zero-order valence-electron chi connectivity index (χ0n) is 11.5. The molecule has 2 heteroatoms. The van der Waals surface area contributed by atoms with Gasteiger partial charge in [-0.1, -0.05) is 0 Å². The highest BCUT2D eigenvalue weighted by molar-refractivity contribution is 5.20. The molecule has 2 heterocycles. The van der Waals surface area contributed by atoms with Crippen LogP contribution in [0.1, 0.15) is 44.9 Å². The number of hydrogen-bond donors (Lipinski definition) is 1. The SMILES string of the molecule is CNC1CC2CCC(C1)N2C1C2C3CCC(C3)C21. The van der Waals surface area contributed by atoms with Crippen LogP contribution in [-0.4, -0.2) is 36.1 Å². The van der Waals surface area contributed by atoms with Crippen LogP contribution in [0.2, 0.25) is 0 Å². The number of nitrogens with one attached hydrogen (secondary N) is 1. The molecule has 6 atom stereocenters. The Labute approximate surface area is 110 Å². The molecule has 4 bridgehead atoms. The van der Waals surface area contributed by atoms with Crippen molar-refractivity contribution < 1.29 is 0 Å². The first-order valence-electron chi connectivity index (χ1n) is 8.31. The lowest BCUT2D eigenvalue weighted by molar-refractivity contribution is 0.0908. The van der Waals surface area contributed by atoms with Gasteiger partial charge in [-0.15, -0.1) is 0 Å². The Morgan fingerprint density at radius 3 is 2.00 bits per heavy atom. The summed E-state index contributed by atoms with van der Waals surface area (Å²) in [7, 11) is 2.16. The normalized spacial score (nSPS) is 61.2. The fraction of sp³-hybridized carbons (Fsp3) is 1.00. The third kappa shape index (κ3) is 1.22. The summed E-state index contributed by atoms with van der Waals surface area (Å²) >= 11 is 0. The molecule has 0 aromatic heterocycles. The van der Waals surface area contributed by atoms with Crippen molar-refractivity contribution in [3.8, 4) is 0 Å². The van der Waals surface area contributed by atoms with Crippen LogP contribution in [0.5, 0.6) is 0 Å². The van der Waals surface area contributed by atoms with E-state index in [0.717, 1.165) is 47.8 Å². The molecule has 3 saturated carbocycles. The van der Waals surface area contributed by atoms with Gasteiger partial charge < -0.3 is 5.32 Å². The summed E-state index contributed by atoms with van der Waals surface area (Å²) in [5.74, 6) is 4.59. The maximum absolute atomic E-state index is 3.54. The molecule has 100 valence electrons. The Balaban J connectivity index is 1.37. The first-order chi connectivity index (χ1) is 8.86. The predicted molar refractivity (Wildman–Crippen MR) is 72.3 cm³/mol. The smallest absolute Gasteiger partial charge is 0.0170 e. The maximum Gasteiger partial charge on any atom is 0.0170 e. The largest absolute Gasteiger partial charge is 0.317 e. The van der Waals surface area contributed by atoms with Gasteiger partial charge in [0.15, 0.2) is 0 Å². The monoisotopic (exact) mass is 246 g/mol. The molecule has 0 amide bonds. The Morgan fingerprint density at radius 1 is 0.833 bits per heavy atom. The fourth-order valence-corrected chi connectivity index (χ4v) is 6.61. The minimum absolute atomic E-state index is 0.814. The summed E-state index contributed by atoms with van der Waals surface area (Å²) in [6.07, 6.45) is 10.6. The van der Waals surface area contributed by atoms with Crippen molar-refractivity contribution in [3.05, 3.63) is 0 Å². The van der Waals surface area contributed by atoms with Gasteiger partial charge in [0, 0.05) is 24.2 Å². The summed E-state index contributed by atoms with van der Waals surface area (Å²) in [4.78, 5) is 3.04. The van der Waals surface area contributed by atoms with Crippen LogP contribution in [0.15, 0.2) is 0 Å². The Morgan fingerprint density at radius 2 is 1.44 bits per heavy atom. The molecule has 0 aromatic rings. The van der Waals surface area contributed by atoms with E-state index < -0.39 is 0 Å². The molecule has 0 aromatic carbocycles. The minimum atomic E-state index is 0.814. The third-order valence-electron chi connectivity index (χ3n) is 7.24. The molecule has 5 fully saturated rings. The highest BCUT2D eigenvalue weighted by atomic mass is 15.3. The number of hydrogen-bond acceptors (Lipinski definition) is 2. The van der Waals surface area contributed by atoms with Gasteiger partial charge in [-0.05, 0) is 75.7 Å². The summed E-state index contributed by atoms with van der Waals surface area (Å²) in [6.45, 7) is 0. The predicted octanol–water partition coefficient (Wildman–Crippen LogP) is 2.25. The molecule has 1 N–H and O–H groups in total. The topological polar surface area (TPSA) is 15.3 Å². The van der Waals surface area contributed by atoms with Crippen molar-refractivity contribution in [2.75, 3.05) is 7.05 Å². The van der Waals surface area contributed by atoms with Crippen LogP contribution >= 0.6 is 0 Å². The van der Waals surface area contributed by atoms with Gasteiger partial charge in [-0.25, -0.2) is 0 Å². The lowest BCUT2D eigenvalue weighted by Gasteiger charge is -2.40. The average Bonchev–Trinajstić information content (AvgIpc) is 2.68. The van der Waals surface area contributed by atoms with Crippen LogP contribution in [-0.2, 0) is 0 Å². The Bertz CT molecular complexity index is 338. The van der Waals surface area contributed by atoms with Crippen molar-refractivity contribution >= 4 is 0 Å². The van der Waals surface area contributed by atoms with Gasteiger partial charge in [0.2, 0.25) is 0 Å². The molecule has 6 unspecified atom stereocenters. The van der Waals surface area contributed by atoms with E-state index in [2.05, 4.69) is 17.3 Å². The highest BCUT2D eigenvalue weighted by Gasteiger charge is 2.68. The van der Waals surface area contributed by atoms with Crippen LogP contribution < -0.4 is 5.32 Å². The molecule has 3 aliphatic carbocycles. The Hall–Kier alpha value is -0.0800. The molecule has 0 spiro atoms. The van der Waals surface area contributed by atoms with Crippen molar-refractivity contribution in [2.45, 2.75) is 69.1 Å². The minimum Gasteiger partial charge on any atom is -0.317 e. The molecule has 2 nitrogen and oxygen atoms in total. The second-order valence-electron chi connectivity index (χ2n) is 7.77. The molecule has 2 aliphatic heterocycles. The number of rotatable bonds is 2. The lowest BCUT2D eigenvalue weighted by atomic mass is 9.95. The maximum atomic E-state index is 3.54. The summed E-state index contributed by atoms with van der Waals surface area (Å²) in [5.41, 5.74) is 0. The third-order valence-corrected chi connectivity index (χ3v) is 7.24. The standard InChI is InChI=1S/C16H26N2/c1-17-11-7-12-4-5-13(8-11)18(12)16-14-9-2-3-10(6-9)15(14)16/h9-17H,2-8H2,1H3. The van der Waals surface area contributed by atoms with Crippen LogP contribution in [0.25, 0.3) is 0 Å².